The van der Waals surface area contributed by atoms with Crippen molar-refractivity contribution in [3.8, 4) is 0 Å². The van der Waals surface area contributed by atoms with Gasteiger partial charge in [-0.3, -0.25) is 9.59 Å². The first-order valence-corrected chi connectivity index (χ1v) is 8.35. The van der Waals surface area contributed by atoms with Crippen molar-refractivity contribution >= 4 is 34.1 Å². The lowest BCUT2D eigenvalue weighted by Gasteiger charge is -2.10. The van der Waals surface area contributed by atoms with E-state index in [2.05, 4.69) is 10.3 Å². The van der Waals surface area contributed by atoms with Crippen LogP contribution in [0.4, 0.5) is 10.1 Å². The maximum atomic E-state index is 13.9. The van der Waals surface area contributed by atoms with Crippen LogP contribution in [0.3, 0.4) is 0 Å². The molecular formula is C19H14ClFN2O2. The molecule has 6 heteroatoms. The lowest BCUT2D eigenvalue weighted by Crippen LogP contribution is -2.15. The average Bonchev–Trinajstić information content (AvgIpc) is 3.05. The van der Waals surface area contributed by atoms with Crippen molar-refractivity contribution in [1.82, 2.24) is 4.98 Å². The first-order valence-electron chi connectivity index (χ1n) is 7.98. The number of rotatable bonds is 2. The number of pyridine rings is 1. The first kappa shape index (κ1) is 15.8. The maximum absolute atomic E-state index is 13.9. The zero-order valence-corrected chi connectivity index (χ0v) is 13.9. The number of anilines is 1. The Hall–Kier alpha value is -2.66. The van der Waals surface area contributed by atoms with E-state index in [0.717, 1.165) is 35.8 Å². The number of aromatic amines is 1. The molecule has 0 unspecified atom stereocenters. The molecule has 1 heterocycles. The van der Waals surface area contributed by atoms with Crippen LogP contribution in [0.15, 0.2) is 41.2 Å². The highest BCUT2D eigenvalue weighted by Crippen LogP contribution is 2.28. The van der Waals surface area contributed by atoms with E-state index < -0.39 is 11.7 Å². The summed E-state index contributed by atoms with van der Waals surface area (Å²) in [6.07, 6.45) is 2.65. The molecule has 126 valence electrons. The molecular weight excluding hydrogens is 343 g/mol. The standard InChI is InChI=1S/C19H14ClFN2O2/c20-14-5-2-6-15(21)17(14)19(25)22-10-7-8-12-11-3-1-4-13(11)18(24)23-16(12)9-10/h2,5-9H,1,3-4H2,(H,22,25)(H,23,24). The molecule has 4 rings (SSSR count). The van der Waals surface area contributed by atoms with E-state index in [0.29, 0.717) is 11.2 Å². The Balaban J connectivity index is 1.72. The molecule has 1 aromatic heterocycles. The van der Waals surface area contributed by atoms with Gasteiger partial charge in [0.05, 0.1) is 16.1 Å². The summed E-state index contributed by atoms with van der Waals surface area (Å²) in [6.45, 7) is 0. The average molecular weight is 357 g/mol. The number of nitrogens with one attached hydrogen (secondary N) is 2. The van der Waals surface area contributed by atoms with Gasteiger partial charge >= 0.3 is 0 Å². The Kier molecular flexibility index (Phi) is 3.81. The number of hydrogen-bond donors (Lipinski definition) is 2. The fraction of sp³-hybridized carbons (Fsp3) is 0.158. The number of carbonyl (C=O) groups is 1. The Morgan fingerprint density at radius 2 is 1.96 bits per heavy atom. The molecule has 1 aliphatic rings. The van der Waals surface area contributed by atoms with Crippen molar-refractivity contribution in [2.24, 2.45) is 0 Å². The van der Waals surface area contributed by atoms with Crippen molar-refractivity contribution in [3.05, 3.63) is 74.3 Å². The molecule has 0 spiro atoms. The monoisotopic (exact) mass is 356 g/mol. The van der Waals surface area contributed by atoms with Crippen LogP contribution in [0.25, 0.3) is 10.9 Å². The van der Waals surface area contributed by atoms with Gasteiger partial charge < -0.3 is 10.3 Å². The molecule has 0 bridgehead atoms. The molecule has 0 atom stereocenters. The molecule has 2 N–H and O–H groups in total. The predicted octanol–water partition coefficient (Wildman–Crippen LogP) is 4.06. The van der Waals surface area contributed by atoms with E-state index in [-0.39, 0.29) is 16.1 Å². The second-order valence-electron chi connectivity index (χ2n) is 6.08. The molecule has 1 aliphatic carbocycles. The highest BCUT2D eigenvalue weighted by Gasteiger charge is 2.19. The van der Waals surface area contributed by atoms with E-state index in [1.54, 1.807) is 12.1 Å². The summed E-state index contributed by atoms with van der Waals surface area (Å²) >= 11 is 5.92. The number of aryl methyl sites for hydroxylation is 1. The SMILES string of the molecule is O=C(Nc1ccc2c3c(c(=O)[nH]c2c1)CCC3)c1c(F)cccc1Cl. The second kappa shape index (κ2) is 6.01. The van der Waals surface area contributed by atoms with Crippen LogP contribution in [-0.2, 0) is 12.8 Å². The third-order valence-corrected chi connectivity index (χ3v) is 4.85. The molecule has 0 saturated carbocycles. The summed E-state index contributed by atoms with van der Waals surface area (Å²) in [7, 11) is 0. The summed E-state index contributed by atoms with van der Waals surface area (Å²) in [5.74, 6) is -1.32. The van der Waals surface area contributed by atoms with E-state index in [1.165, 1.54) is 18.2 Å². The number of H-pyrrole nitrogens is 1. The summed E-state index contributed by atoms with van der Waals surface area (Å²) in [5.41, 5.74) is 2.76. The Morgan fingerprint density at radius 1 is 1.16 bits per heavy atom. The topological polar surface area (TPSA) is 62.0 Å². The molecule has 0 aliphatic heterocycles. The molecule has 4 nitrogen and oxygen atoms in total. The zero-order chi connectivity index (χ0) is 17.6. The summed E-state index contributed by atoms with van der Waals surface area (Å²) in [5, 5.41) is 3.66. The number of carbonyl (C=O) groups excluding carboxylic acids is 1. The lowest BCUT2D eigenvalue weighted by atomic mass is 10.1. The van der Waals surface area contributed by atoms with E-state index >= 15 is 0 Å². The van der Waals surface area contributed by atoms with Gasteiger partial charge in [0.15, 0.2) is 0 Å². The Bertz CT molecular complexity index is 1050. The van der Waals surface area contributed by atoms with Crippen molar-refractivity contribution in [1.29, 1.82) is 0 Å². The molecule has 25 heavy (non-hydrogen) atoms. The van der Waals surface area contributed by atoms with E-state index in [1.807, 2.05) is 6.07 Å². The van der Waals surface area contributed by atoms with Crippen LogP contribution in [0.5, 0.6) is 0 Å². The molecule has 0 radical (unpaired) electrons. The zero-order valence-electron chi connectivity index (χ0n) is 13.2. The molecule has 2 aromatic carbocycles. The van der Waals surface area contributed by atoms with E-state index in [4.69, 9.17) is 11.6 Å². The Morgan fingerprint density at radius 3 is 2.76 bits per heavy atom. The van der Waals surface area contributed by atoms with Gasteiger partial charge in [-0.1, -0.05) is 23.7 Å². The van der Waals surface area contributed by atoms with Gasteiger partial charge in [-0.05, 0) is 49.1 Å². The third-order valence-electron chi connectivity index (χ3n) is 4.53. The predicted molar refractivity (Wildman–Crippen MR) is 96.0 cm³/mol. The maximum Gasteiger partial charge on any atom is 0.260 e. The van der Waals surface area contributed by atoms with Gasteiger partial charge in [-0.2, -0.15) is 0 Å². The summed E-state index contributed by atoms with van der Waals surface area (Å²) in [6, 6.07) is 9.38. The van der Waals surface area contributed by atoms with Crippen molar-refractivity contribution in [2.75, 3.05) is 5.32 Å². The number of fused-ring (bicyclic) bond motifs is 3. The van der Waals surface area contributed by atoms with Crippen molar-refractivity contribution in [3.63, 3.8) is 0 Å². The van der Waals surface area contributed by atoms with Gasteiger partial charge in [-0.25, -0.2) is 4.39 Å². The smallest absolute Gasteiger partial charge is 0.260 e. The Labute approximate surface area is 147 Å². The quantitative estimate of drug-likeness (QED) is 0.727. The van der Waals surface area contributed by atoms with Crippen LogP contribution < -0.4 is 10.9 Å². The van der Waals surface area contributed by atoms with Crippen molar-refractivity contribution in [2.45, 2.75) is 19.3 Å². The number of hydrogen-bond acceptors (Lipinski definition) is 2. The van der Waals surface area contributed by atoms with Crippen LogP contribution in [0, 0.1) is 5.82 Å². The summed E-state index contributed by atoms with van der Waals surface area (Å²) in [4.78, 5) is 27.4. The number of amides is 1. The molecule has 0 fully saturated rings. The van der Waals surface area contributed by atoms with Gasteiger partial charge in [0.25, 0.3) is 11.5 Å². The highest BCUT2D eigenvalue weighted by molar-refractivity contribution is 6.34. The van der Waals surface area contributed by atoms with Gasteiger partial charge in [0.2, 0.25) is 0 Å². The number of aromatic nitrogens is 1. The minimum absolute atomic E-state index is 0.0458. The molecule has 3 aromatic rings. The van der Waals surface area contributed by atoms with Crippen LogP contribution >= 0.6 is 11.6 Å². The third kappa shape index (κ3) is 2.70. The minimum atomic E-state index is -0.683. The second-order valence-corrected chi connectivity index (χ2v) is 6.48. The highest BCUT2D eigenvalue weighted by atomic mass is 35.5. The lowest BCUT2D eigenvalue weighted by molar-refractivity contribution is 0.102. The van der Waals surface area contributed by atoms with Crippen LogP contribution in [0.2, 0.25) is 5.02 Å². The molecule has 1 amide bonds. The summed E-state index contributed by atoms with van der Waals surface area (Å²) < 4.78 is 13.9. The van der Waals surface area contributed by atoms with E-state index in [9.17, 15) is 14.0 Å². The normalized spacial score (nSPS) is 13.0. The molecule has 0 saturated heterocycles. The van der Waals surface area contributed by atoms with Gasteiger partial charge in [0, 0.05) is 16.6 Å². The van der Waals surface area contributed by atoms with Crippen LogP contribution in [-0.4, -0.2) is 10.9 Å². The first-order chi connectivity index (χ1) is 12.0. The fourth-order valence-electron chi connectivity index (χ4n) is 3.39. The van der Waals surface area contributed by atoms with Crippen LogP contribution in [0.1, 0.15) is 27.9 Å². The number of halogens is 2. The van der Waals surface area contributed by atoms with Gasteiger partial charge in [-0.15, -0.1) is 0 Å². The fourth-order valence-corrected chi connectivity index (χ4v) is 3.64. The van der Waals surface area contributed by atoms with Gasteiger partial charge in [0.1, 0.15) is 5.82 Å². The minimum Gasteiger partial charge on any atom is -0.322 e. The number of benzene rings is 2. The largest absolute Gasteiger partial charge is 0.322 e. The van der Waals surface area contributed by atoms with Crippen molar-refractivity contribution < 1.29 is 9.18 Å².